The van der Waals surface area contributed by atoms with E-state index >= 15 is 0 Å². The summed E-state index contributed by atoms with van der Waals surface area (Å²) in [5.41, 5.74) is 0.963. The van der Waals surface area contributed by atoms with Crippen molar-refractivity contribution in [1.29, 1.82) is 0 Å². The molecule has 2 aliphatic heterocycles. The Morgan fingerprint density at radius 3 is 2.83 bits per heavy atom. The first-order valence-corrected chi connectivity index (χ1v) is 9.07. The molecule has 0 radical (unpaired) electrons. The summed E-state index contributed by atoms with van der Waals surface area (Å²) in [7, 11) is 0. The summed E-state index contributed by atoms with van der Waals surface area (Å²) in [6, 6.07) is 5.54. The topological polar surface area (TPSA) is 79.9 Å². The van der Waals surface area contributed by atoms with Crippen molar-refractivity contribution >= 4 is 34.8 Å². The summed E-state index contributed by atoms with van der Waals surface area (Å²) in [5.74, 6) is 1.28. The fourth-order valence-corrected chi connectivity index (χ4v) is 3.31. The first-order chi connectivity index (χ1) is 11.7. The zero-order valence-corrected chi connectivity index (χ0v) is 15.4. The molecule has 8 heteroatoms. The summed E-state index contributed by atoms with van der Waals surface area (Å²) in [5, 5.41) is 2.96. The van der Waals surface area contributed by atoms with Crippen LogP contribution in [0.3, 0.4) is 0 Å². The molecule has 1 fully saturated rings. The highest BCUT2D eigenvalue weighted by Gasteiger charge is 2.28. The number of nitrogens with zero attached hydrogens (tertiary/aromatic N) is 1. The summed E-state index contributed by atoms with van der Waals surface area (Å²) in [4.78, 5) is 25.8. The third-order valence-corrected chi connectivity index (χ3v) is 4.69. The Morgan fingerprint density at radius 2 is 2.04 bits per heavy atom. The van der Waals surface area contributed by atoms with E-state index in [9.17, 15) is 9.59 Å². The van der Waals surface area contributed by atoms with Gasteiger partial charge >= 0.3 is 6.03 Å². The van der Waals surface area contributed by atoms with Crippen LogP contribution in [0.25, 0.3) is 0 Å². The number of nitrogens with one attached hydrogen (secondary N) is 2. The molecular weight excluding hydrogens is 425 g/mol. The lowest BCUT2D eigenvalue weighted by atomic mass is 9.97. The molecule has 0 aromatic heterocycles. The van der Waals surface area contributed by atoms with Crippen molar-refractivity contribution in [1.82, 2.24) is 13.7 Å². The summed E-state index contributed by atoms with van der Waals surface area (Å²) in [6.45, 7) is 2.69. The van der Waals surface area contributed by atoms with Crippen molar-refractivity contribution in [3.05, 3.63) is 23.8 Å². The third kappa shape index (κ3) is 4.03. The Morgan fingerprint density at radius 1 is 1.25 bits per heavy atom. The van der Waals surface area contributed by atoms with Gasteiger partial charge in [-0.25, -0.2) is 4.79 Å². The number of ether oxygens (including phenoxy) is 2. The standard InChI is InChI=1S/C16H20IN3O4/c17-19-16(22)20-5-1-2-12(10-20)15(21)18-9-11-3-4-13-14(8-11)24-7-6-23-13/h3-4,8,12H,1-2,5-7,9-10H2,(H,18,21)(H,19,22). The Bertz CT molecular complexity index is 625. The zero-order chi connectivity index (χ0) is 16.9. The quantitative estimate of drug-likeness (QED) is 0.550. The third-order valence-electron chi connectivity index (χ3n) is 4.23. The highest BCUT2D eigenvalue weighted by Crippen LogP contribution is 2.30. The van der Waals surface area contributed by atoms with Crippen molar-refractivity contribution in [3.63, 3.8) is 0 Å². The maximum absolute atomic E-state index is 12.4. The van der Waals surface area contributed by atoms with Gasteiger partial charge in [0.15, 0.2) is 11.5 Å². The van der Waals surface area contributed by atoms with Crippen LogP contribution in [0.1, 0.15) is 18.4 Å². The average molecular weight is 445 g/mol. The van der Waals surface area contributed by atoms with E-state index in [1.54, 1.807) is 4.90 Å². The molecule has 0 bridgehead atoms. The van der Waals surface area contributed by atoms with Crippen molar-refractivity contribution in [3.8, 4) is 11.5 Å². The van der Waals surface area contributed by atoms with Crippen LogP contribution in [0, 0.1) is 5.92 Å². The molecule has 0 spiro atoms. The first kappa shape index (κ1) is 17.1. The minimum absolute atomic E-state index is 0.0177. The van der Waals surface area contributed by atoms with Gasteiger partial charge in [-0.15, -0.1) is 0 Å². The van der Waals surface area contributed by atoms with Gasteiger partial charge in [0.2, 0.25) is 5.91 Å². The molecule has 0 aliphatic carbocycles. The summed E-state index contributed by atoms with van der Waals surface area (Å²) >= 11 is 1.82. The summed E-state index contributed by atoms with van der Waals surface area (Å²) in [6.07, 6.45) is 1.64. The number of amides is 3. The first-order valence-electron chi connectivity index (χ1n) is 7.99. The van der Waals surface area contributed by atoms with Gasteiger partial charge in [-0.05, 0) is 30.5 Å². The number of piperidine rings is 1. The van der Waals surface area contributed by atoms with Gasteiger partial charge in [-0.1, -0.05) is 6.07 Å². The molecule has 3 rings (SSSR count). The maximum atomic E-state index is 12.4. The van der Waals surface area contributed by atoms with Crippen LogP contribution < -0.4 is 18.3 Å². The van der Waals surface area contributed by atoms with E-state index in [-0.39, 0.29) is 17.9 Å². The number of hydrogen-bond donors (Lipinski definition) is 2. The molecular formula is C16H20IN3O4. The van der Waals surface area contributed by atoms with Crippen LogP contribution >= 0.6 is 22.9 Å². The second kappa shape index (κ2) is 7.91. The van der Waals surface area contributed by atoms with Crippen LogP contribution in [-0.4, -0.2) is 43.1 Å². The molecule has 0 saturated carbocycles. The number of urea groups is 1. The fraction of sp³-hybridized carbons (Fsp3) is 0.500. The Labute approximate surface area is 154 Å². The van der Waals surface area contributed by atoms with Crippen LogP contribution in [0.15, 0.2) is 18.2 Å². The smallest absolute Gasteiger partial charge is 0.326 e. The minimum atomic E-state index is -0.162. The van der Waals surface area contributed by atoms with E-state index in [1.165, 1.54) is 0 Å². The largest absolute Gasteiger partial charge is 0.486 e. The lowest BCUT2D eigenvalue weighted by Gasteiger charge is -2.31. The second-order valence-corrected chi connectivity index (χ2v) is 6.42. The molecule has 3 amide bonds. The Hall–Kier alpha value is -1.71. The van der Waals surface area contributed by atoms with Crippen LogP contribution in [0.4, 0.5) is 4.79 Å². The van der Waals surface area contributed by atoms with Gasteiger partial charge in [-0.3, -0.25) is 8.32 Å². The van der Waals surface area contributed by atoms with E-state index in [4.69, 9.17) is 9.47 Å². The van der Waals surface area contributed by atoms with E-state index < -0.39 is 0 Å². The van der Waals surface area contributed by atoms with Gasteiger partial charge in [0.05, 0.1) is 28.8 Å². The van der Waals surface area contributed by atoms with Crippen LogP contribution in [0.2, 0.25) is 0 Å². The number of carbonyl (C=O) groups excluding carboxylic acids is 2. The van der Waals surface area contributed by atoms with E-state index in [1.807, 2.05) is 41.1 Å². The maximum Gasteiger partial charge on any atom is 0.326 e. The molecule has 2 N–H and O–H groups in total. The van der Waals surface area contributed by atoms with Crippen molar-refractivity contribution < 1.29 is 19.1 Å². The van der Waals surface area contributed by atoms with E-state index in [2.05, 4.69) is 8.85 Å². The SMILES string of the molecule is O=C(NCc1ccc2c(c1)OCCO2)C1CCCN(C(=O)NI)C1. The van der Waals surface area contributed by atoms with E-state index in [0.717, 1.165) is 29.9 Å². The molecule has 1 aromatic carbocycles. The van der Waals surface area contributed by atoms with Gasteiger partial charge in [0.25, 0.3) is 0 Å². The monoisotopic (exact) mass is 445 g/mol. The van der Waals surface area contributed by atoms with Crippen LogP contribution in [-0.2, 0) is 11.3 Å². The zero-order valence-electron chi connectivity index (χ0n) is 13.2. The highest BCUT2D eigenvalue weighted by molar-refractivity contribution is 14.1. The number of carbonyl (C=O) groups is 2. The van der Waals surface area contributed by atoms with Gasteiger partial charge in [0, 0.05) is 19.6 Å². The van der Waals surface area contributed by atoms with Crippen LogP contribution in [0.5, 0.6) is 11.5 Å². The normalized spacial score (nSPS) is 19.5. The lowest BCUT2D eigenvalue weighted by molar-refractivity contribution is -0.126. The molecule has 1 aromatic rings. The second-order valence-electron chi connectivity index (χ2n) is 5.88. The van der Waals surface area contributed by atoms with Gasteiger partial charge < -0.3 is 19.7 Å². The van der Waals surface area contributed by atoms with E-state index in [0.29, 0.717) is 32.8 Å². The molecule has 7 nitrogen and oxygen atoms in total. The number of halogens is 1. The number of benzene rings is 1. The van der Waals surface area contributed by atoms with Crippen molar-refractivity contribution in [2.24, 2.45) is 5.92 Å². The van der Waals surface area contributed by atoms with Crippen molar-refractivity contribution in [2.45, 2.75) is 19.4 Å². The molecule has 1 unspecified atom stereocenters. The fourth-order valence-electron chi connectivity index (χ4n) is 2.97. The Balaban J connectivity index is 1.54. The molecule has 1 atom stereocenters. The molecule has 130 valence electrons. The average Bonchev–Trinajstić information content (AvgIpc) is 2.65. The number of fused-ring (bicyclic) bond motifs is 1. The molecule has 1 saturated heterocycles. The number of likely N-dealkylation sites (tertiary alicyclic amines) is 1. The molecule has 2 aliphatic rings. The predicted molar refractivity (Wildman–Crippen MR) is 96.1 cm³/mol. The van der Waals surface area contributed by atoms with Gasteiger partial charge in [-0.2, -0.15) is 0 Å². The number of rotatable bonds is 3. The lowest BCUT2D eigenvalue weighted by Crippen LogP contribution is -2.47. The van der Waals surface area contributed by atoms with Crippen molar-refractivity contribution in [2.75, 3.05) is 26.3 Å². The molecule has 24 heavy (non-hydrogen) atoms. The highest BCUT2D eigenvalue weighted by atomic mass is 127. The molecule has 2 heterocycles. The minimum Gasteiger partial charge on any atom is -0.486 e. The van der Waals surface area contributed by atoms with Gasteiger partial charge in [0.1, 0.15) is 13.2 Å². The Kier molecular flexibility index (Phi) is 5.64. The number of hydrogen-bond acceptors (Lipinski definition) is 4. The predicted octanol–water partition coefficient (Wildman–Crippen LogP) is 1.85. The summed E-state index contributed by atoms with van der Waals surface area (Å²) < 4.78 is 13.6.